The van der Waals surface area contributed by atoms with Gasteiger partial charge in [-0.3, -0.25) is 0 Å². The molecule has 0 amide bonds. The zero-order chi connectivity index (χ0) is 15.7. The number of methoxy groups -OCH3 is 1. The molecule has 0 atom stereocenters. The molecule has 1 heterocycles. The van der Waals surface area contributed by atoms with E-state index >= 15 is 0 Å². The summed E-state index contributed by atoms with van der Waals surface area (Å²) in [5.74, 6) is 0.639. The lowest BCUT2D eigenvalue weighted by Gasteiger charge is -2.12. The van der Waals surface area contributed by atoms with Gasteiger partial charge in [0, 0.05) is 10.9 Å². The van der Waals surface area contributed by atoms with Gasteiger partial charge in [0.05, 0.1) is 23.9 Å². The second-order valence-electron chi connectivity index (χ2n) is 4.80. The van der Waals surface area contributed by atoms with Crippen LogP contribution in [0, 0.1) is 0 Å². The van der Waals surface area contributed by atoms with Crippen molar-refractivity contribution in [3.63, 3.8) is 0 Å². The molecule has 0 saturated heterocycles. The number of alkyl halides is 3. The van der Waals surface area contributed by atoms with Crippen LogP contribution < -0.4 is 4.74 Å². The van der Waals surface area contributed by atoms with Crippen LogP contribution in [0.2, 0.25) is 0 Å². The first-order chi connectivity index (χ1) is 10.5. The highest BCUT2D eigenvalue weighted by molar-refractivity contribution is 5.85. The Morgan fingerprint density at radius 3 is 2.27 bits per heavy atom. The van der Waals surface area contributed by atoms with E-state index in [-0.39, 0.29) is 11.1 Å². The molecule has 0 aliphatic heterocycles. The van der Waals surface area contributed by atoms with Crippen molar-refractivity contribution in [2.75, 3.05) is 7.11 Å². The summed E-state index contributed by atoms with van der Waals surface area (Å²) >= 11 is 0. The summed E-state index contributed by atoms with van der Waals surface area (Å²) in [6.07, 6.45) is -4.43. The average Bonchev–Trinajstić information content (AvgIpc) is 2.53. The van der Waals surface area contributed by atoms with Crippen molar-refractivity contribution in [3.8, 4) is 17.0 Å². The van der Waals surface area contributed by atoms with Crippen LogP contribution in [0.4, 0.5) is 13.2 Å². The molecule has 0 radical (unpaired) electrons. The van der Waals surface area contributed by atoms with Gasteiger partial charge in [0.15, 0.2) is 0 Å². The summed E-state index contributed by atoms with van der Waals surface area (Å²) in [7, 11) is 1.53. The van der Waals surface area contributed by atoms with Gasteiger partial charge >= 0.3 is 6.18 Å². The molecule has 0 N–H and O–H groups in total. The van der Waals surface area contributed by atoms with Crippen LogP contribution >= 0.6 is 0 Å². The first-order valence-corrected chi connectivity index (χ1v) is 6.60. The first-order valence-electron chi connectivity index (χ1n) is 6.60. The number of fused-ring (bicyclic) bond motifs is 1. The van der Waals surface area contributed by atoms with E-state index in [9.17, 15) is 13.2 Å². The van der Waals surface area contributed by atoms with Crippen LogP contribution in [0.15, 0.2) is 54.6 Å². The van der Waals surface area contributed by atoms with E-state index in [0.717, 1.165) is 6.07 Å². The van der Waals surface area contributed by atoms with Crippen LogP contribution in [0.5, 0.6) is 5.75 Å². The van der Waals surface area contributed by atoms with Gasteiger partial charge in [-0.15, -0.1) is 0 Å². The molecule has 3 rings (SSSR count). The number of pyridine rings is 1. The molecule has 0 spiro atoms. The van der Waals surface area contributed by atoms with Crippen molar-refractivity contribution in [2.24, 2.45) is 0 Å². The van der Waals surface area contributed by atoms with Gasteiger partial charge in [-0.1, -0.05) is 18.2 Å². The Labute approximate surface area is 125 Å². The fraction of sp³-hybridized carbons (Fsp3) is 0.118. The quantitative estimate of drug-likeness (QED) is 0.669. The average molecular weight is 303 g/mol. The molecule has 0 aliphatic rings. The number of benzene rings is 2. The van der Waals surface area contributed by atoms with Crippen molar-refractivity contribution in [1.82, 2.24) is 4.98 Å². The van der Waals surface area contributed by atoms with Gasteiger partial charge in [-0.05, 0) is 36.4 Å². The number of ether oxygens (including phenoxy) is 1. The Bertz CT molecular complexity index is 810. The standard InChI is InChI=1S/C17H12F3NO/c1-22-12-8-6-11(7-9-12)16-10-14(17(18,19)20)13-4-2-3-5-15(13)21-16/h2-10H,1H3. The van der Waals surface area contributed by atoms with Crippen molar-refractivity contribution < 1.29 is 17.9 Å². The van der Waals surface area contributed by atoms with Crippen LogP contribution in [0.1, 0.15) is 5.56 Å². The van der Waals surface area contributed by atoms with Gasteiger partial charge < -0.3 is 4.74 Å². The van der Waals surface area contributed by atoms with Gasteiger partial charge in [-0.2, -0.15) is 13.2 Å². The van der Waals surface area contributed by atoms with Crippen LogP contribution in [-0.2, 0) is 6.18 Å². The lowest BCUT2D eigenvalue weighted by atomic mass is 10.0. The fourth-order valence-corrected chi connectivity index (χ4v) is 2.32. The summed E-state index contributed by atoms with van der Waals surface area (Å²) in [5.41, 5.74) is 0.540. The Hall–Kier alpha value is -2.56. The third kappa shape index (κ3) is 2.62. The van der Waals surface area contributed by atoms with Crippen molar-refractivity contribution in [3.05, 3.63) is 60.2 Å². The molecule has 2 aromatic carbocycles. The maximum absolute atomic E-state index is 13.3. The molecule has 22 heavy (non-hydrogen) atoms. The summed E-state index contributed by atoms with van der Waals surface area (Å²) in [5, 5.41) is 0.104. The monoisotopic (exact) mass is 303 g/mol. The van der Waals surface area contributed by atoms with E-state index < -0.39 is 11.7 Å². The van der Waals surface area contributed by atoms with Gasteiger partial charge in [-0.25, -0.2) is 4.98 Å². The zero-order valence-electron chi connectivity index (χ0n) is 11.7. The molecule has 0 bridgehead atoms. The Balaban J connectivity index is 2.22. The molecule has 3 aromatic rings. The Morgan fingerprint density at radius 1 is 0.955 bits per heavy atom. The van der Waals surface area contributed by atoms with Crippen LogP contribution in [0.25, 0.3) is 22.2 Å². The SMILES string of the molecule is COc1ccc(-c2cc(C(F)(F)F)c3ccccc3n2)cc1. The Morgan fingerprint density at radius 2 is 1.64 bits per heavy atom. The van der Waals surface area contributed by atoms with E-state index in [1.54, 1.807) is 42.5 Å². The van der Waals surface area contributed by atoms with Crippen molar-refractivity contribution in [1.29, 1.82) is 0 Å². The normalized spacial score (nSPS) is 11.6. The number of hydrogen-bond donors (Lipinski definition) is 0. The van der Waals surface area contributed by atoms with E-state index in [4.69, 9.17) is 4.74 Å². The molecule has 1 aromatic heterocycles. The van der Waals surface area contributed by atoms with Crippen LogP contribution in [0.3, 0.4) is 0 Å². The van der Waals surface area contributed by atoms with E-state index in [1.807, 2.05) is 0 Å². The minimum Gasteiger partial charge on any atom is -0.497 e. The first kappa shape index (κ1) is 14.4. The van der Waals surface area contributed by atoms with Crippen molar-refractivity contribution in [2.45, 2.75) is 6.18 Å². The molecule has 0 saturated carbocycles. The molecule has 5 heteroatoms. The second kappa shape index (κ2) is 5.33. The lowest BCUT2D eigenvalue weighted by Crippen LogP contribution is -2.07. The largest absolute Gasteiger partial charge is 0.497 e. The van der Waals surface area contributed by atoms with Crippen LogP contribution in [-0.4, -0.2) is 12.1 Å². The summed E-state index contributed by atoms with van der Waals surface area (Å²) < 4.78 is 44.9. The second-order valence-corrected chi connectivity index (χ2v) is 4.80. The predicted molar refractivity (Wildman–Crippen MR) is 78.7 cm³/mol. The number of nitrogens with zero attached hydrogens (tertiary/aromatic N) is 1. The van der Waals surface area contributed by atoms with Gasteiger partial charge in [0.25, 0.3) is 0 Å². The predicted octanol–water partition coefficient (Wildman–Crippen LogP) is 4.93. The third-order valence-corrected chi connectivity index (χ3v) is 3.41. The number of aromatic nitrogens is 1. The fourth-order valence-electron chi connectivity index (χ4n) is 2.32. The minimum absolute atomic E-state index is 0.104. The topological polar surface area (TPSA) is 22.1 Å². The lowest BCUT2D eigenvalue weighted by molar-refractivity contribution is -0.136. The van der Waals surface area contributed by atoms with Crippen molar-refractivity contribution >= 4 is 10.9 Å². The number of halogens is 3. The highest BCUT2D eigenvalue weighted by Gasteiger charge is 2.33. The maximum Gasteiger partial charge on any atom is 0.417 e. The molecule has 0 fully saturated rings. The third-order valence-electron chi connectivity index (χ3n) is 3.41. The highest BCUT2D eigenvalue weighted by Crippen LogP contribution is 2.36. The highest BCUT2D eigenvalue weighted by atomic mass is 19.4. The molecular formula is C17H12F3NO. The smallest absolute Gasteiger partial charge is 0.417 e. The number of hydrogen-bond acceptors (Lipinski definition) is 2. The van der Waals surface area contributed by atoms with Gasteiger partial charge in [0.1, 0.15) is 5.75 Å². The molecule has 112 valence electrons. The van der Waals surface area contributed by atoms with Gasteiger partial charge in [0.2, 0.25) is 0 Å². The summed E-state index contributed by atoms with van der Waals surface area (Å²) in [6.45, 7) is 0. The zero-order valence-corrected chi connectivity index (χ0v) is 11.7. The summed E-state index contributed by atoms with van der Waals surface area (Å²) in [4.78, 5) is 4.33. The maximum atomic E-state index is 13.3. The molecule has 2 nitrogen and oxygen atoms in total. The van der Waals surface area contributed by atoms with E-state index in [0.29, 0.717) is 16.8 Å². The molecule has 0 aliphatic carbocycles. The number of rotatable bonds is 2. The van der Waals surface area contributed by atoms with E-state index in [1.165, 1.54) is 13.2 Å². The Kier molecular flexibility index (Phi) is 3.48. The summed E-state index contributed by atoms with van der Waals surface area (Å²) in [6, 6.07) is 14.1. The number of para-hydroxylation sites is 1. The molecular weight excluding hydrogens is 291 g/mol. The molecule has 0 unspecified atom stereocenters. The van der Waals surface area contributed by atoms with E-state index in [2.05, 4.69) is 4.98 Å². The minimum atomic E-state index is -4.43.